The number of aliphatic imine (C=N–C) groups is 1. The van der Waals surface area contributed by atoms with Crippen molar-refractivity contribution in [1.29, 1.82) is 0 Å². The van der Waals surface area contributed by atoms with Crippen LogP contribution in [0.4, 0.5) is 0 Å². The molecule has 0 bridgehead atoms. The average molecular weight is 449 g/mol. The SMILES string of the molecule is CCC1=C(C(=O)OC)[C@H](c2ccccc2)N2C(CC(=O)NCc3cccnc3)=CSC2=N1. The monoisotopic (exact) mass is 448 g/mol. The Hall–Kier alpha value is -3.39. The highest BCUT2D eigenvalue weighted by atomic mass is 32.2. The molecule has 1 aromatic heterocycles. The number of benzene rings is 1. The molecule has 2 aliphatic heterocycles. The number of ether oxygens (including phenoxy) is 1. The topological polar surface area (TPSA) is 83.9 Å². The maximum absolute atomic E-state index is 12.8. The van der Waals surface area contributed by atoms with Crippen molar-refractivity contribution in [2.75, 3.05) is 7.11 Å². The van der Waals surface area contributed by atoms with Crippen LogP contribution in [0.15, 0.2) is 82.2 Å². The van der Waals surface area contributed by atoms with Gasteiger partial charge in [-0.15, -0.1) is 0 Å². The fourth-order valence-electron chi connectivity index (χ4n) is 3.79. The standard InChI is InChI=1S/C24H24N4O3S/c1-3-19-21(23(30)31-2)22(17-9-5-4-6-10-17)28-18(15-32-24(28)27-19)12-20(29)26-14-16-8-7-11-25-13-16/h4-11,13,15,22H,3,12,14H2,1-2H3,(H,26,29)/t22-/m0/s1. The molecule has 7 nitrogen and oxygen atoms in total. The van der Waals surface area contributed by atoms with E-state index < -0.39 is 12.0 Å². The molecule has 4 rings (SSSR count). The van der Waals surface area contributed by atoms with Crippen molar-refractivity contribution in [1.82, 2.24) is 15.2 Å². The number of pyridine rings is 1. The summed E-state index contributed by atoms with van der Waals surface area (Å²) in [7, 11) is 1.38. The summed E-state index contributed by atoms with van der Waals surface area (Å²) in [5, 5.41) is 5.64. The Kier molecular flexibility index (Phi) is 6.70. The van der Waals surface area contributed by atoms with E-state index in [0.29, 0.717) is 24.2 Å². The number of nitrogens with zero attached hydrogens (tertiary/aromatic N) is 3. The second kappa shape index (κ2) is 9.82. The lowest BCUT2D eigenvalue weighted by Crippen LogP contribution is -2.38. The Morgan fingerprint density at radius 2 is 2.00 bits per heavy atom. The van der Waals surface area contributed by atoms with Gasteiger partial charge < -0.3 is 15.0 Å². The molecule has 0 unspecified atom stereocenters. The minimum absolute atomic E-state index is 0.112. The number of esters is 1. The summed E-state index contributed by atoms with van der Waals surface area (Å²) in [6.45, 7) is 2.38. The molecule has 164 valence electrons. The van der Waals surface area contributed by atoms with Gasteiger partial charge in [-0.25, -0.2) is 9.79 Å². The first kappa shape index (κ1) is 21.8. The molecule has 0 aliphatic carbocycles. The first-order chi connectivity index (χ1) is 15.6. The van der Waals surface area contributed by atoms with E-state index in [0.717, 1.165) is 22.0 Å². The molecule has 3 heterocycles. The van der Waals surface area contributed by atoms with Gasteiger partial charge in [-0.2, -0.15) is 0 Å². The lowest BCUT2D eigenvalue weighted by atomic mass is 9.93. The van der Waals surface area contributed by atoms with Crippen molar-refractivity contribution < 1.29 is 14.3 Å². The van der Waals surface area contributed by atoms with Gasteiger partial charge in [0.05, 0.1) is 30.8 Å². The maximum Gasteiger partial charge on any atom is 0.338 e. The molecule has 2 aromatic rings. The maximum atomic E-state index is 12.8. The Labute approximate surface area is 191 Å². The number of fused-ring (bicyclic) bond motifs is 1. The van der Waals surface area contributed by atoms with Crippen LogP contribution in [0.2, 0.25) is 0 Å². The number of hydrogen-bond acceptors (Lipinski definition) is 7. The molecule has 0 radical (unpaired) electrons. The molecular formula is C24H24N4O3S. The summed E-state index contributed by atoms with van der Waals surface area (Å²) in [5.41, 5.74) is 3.88. The Balaban J connectivity index is 1.61. The lowest BCUT2D eigenvalue weighted by Gasteiger charge is -2.36. The number of thioether (sulfide) groups is 1. The summed E-state index contributed by atoms with van der Waals surface area (Å²) >= 11 is 1.47. The average Bonchev–Trinajstić information content (AvgIpc) is 3.24. The molecule has 0 spiro atoms. The summed E-state index contributed by atoms with van der Waals surface area (Å²) in [4.78, 5) is 36.3. The van der Waals surface area contributed by atoms with Crippen molar-refractivity contribution in [3.8, 4) is 0 Å². The zero-order valence-corrected chi connectivity index (χ0v) is 18.8. The minimum Gasteiger partial charge on any atom is -0.466 e. The normalized spacial score (nSPS) is 17.4. The van der Waals surface area contributed by atoms with Gasteiger partial charge in [0.2, 0.25) is 5.91 Å². The fraction of sp³-hybridized carbons (Fsp3) is 0.250. The number of aromatic nitrogens is 1. The van der Waals surface area contributed by atoms with E-state index >= 15 is 0 Å². The van der Waals surface area contributed by atoms with Crippen molar-refractivity contribution in [2.45, 2.75) is 32.4 Å². The van der Waals surface area contributed by atoms with Crippen molar-refractivity contribution >= 4 is 28.8 Å². The van der Waals surface area contributed by atoms with Gasteiger partial charge >= 0.3 is 5.97 Å². The van der Waals surface area contributed by atoms with Crippen LogP contribution >= 0.6 is 11.8 Å². The van der Waals surface area contributed by atoms with E-state index in [-0.39, 0.29) is 12.3 Å². The molecular weight excluding hydrogens is 424 g/mol. The summed E-state index contributed by atoms with van der Waals surface area (Å²) in [6, 6.07) is 13.1. The molecule has 1 amide bonds. The van der Waals surface area contributed by atoms with Gasteiger partial charge in [0.1, 0.15) is 0 Å². The zero-order valence-electron chi connectivity index (χ0n) is 17.9. The van der Waals surface area contributed by atoms with Crippen LogP contribution in [0.25, 0.3) is 0 Å². The Bertz CT molecular complexity index is 1100. The Morgan fingerprint density at radius 1 is 1.19 bits per heavy atom. The van der Waals surface area contributed by atoms with Crippen LogP contribution in [-0.4, -0.2) is 34.0 Å². The number of carbonyl (C=O) groups is 2. The van der Waals surface area contributed by atoms with E-state index in [1.807, 2.05) is 59.7 Å². The van der Waals surface area contributed by atoms with Crippen molar-refractivity contribution in [3.63, 3.8) is 0 Å². The van der Waals surface area contributed by atoms with Gasteiger partial charge in [0.25, 0.3) is 0 Å². The van der Waals surface area contributed by atoms with Crippen LogP contribution in [0.1, 0.15) is 36.9 Å². The molecule has 1 atom stereocenters. The van der Waals surface area contributed by atoms with Crippen molar-refractivity contribution in [2.24, 2.45) is 4.99 Å². The number of nitrogens with one attached hydrogen (secondary N) is 1. The molecule has 1 aromatic carbocycles. The first-order valence-electron chi connectivity index (χ1n) is 10.4. The number of methoxy groups -OCH3 is 1. The second-order valence-electron chi connectivity index (χ2n) is 7.32. The largest absolute Gasteiger partial charge is 0.466 e. The van der Waals surface area contributed by atoms with Crippen LogP contribution in [-0.2, 0) is 20.9 Å². The van der Waals surface area contributed by atoms with Crippen LogP contribution < -0.4 is 5.32 Å². The highest BCUT2D eigenvalue weighted by Crippen LogP contribution is 2.45. The van der Waals surface area contributed by atoms with Crippen LogP contribution in [0.5, 0.6) is 0 Å². The molecule has 32 heavy (non-hydrogen) atoms. The van der Waals surface area contributed by atoms with E-state index in [2.05, 4.69) is 10.3 Å². The Morgan fingerprint density at radius 3 is 2.69 bits per heavy atom. The summed E-state index contributed by atoms with van der Waals surface area (Å²) in [5.74, 6) is -0.519. The number of hydrogen-bond donors (Lipinski definition) is 1. The van der Waals surface area contributed by atoms with E-state index in [1.165, 1.54) is 18.9 Å². The minimum atomic E-state index is -0.407. The third-order valence-corrected chi connectivity index (χ3v) is 6.19. The molecule has 0 saturated heterocycles. The van der Waals surface area contributed by atoms with Gasteiger partial charge in [-0.05, 0) is 29.0 Å². The second-order valence-corrected chi connectivity index (χ2v) is 8.16. The highest BCUT2D eigenvalue weighted by Gasteiger charge is 2.41. The van der Waals surface area contributed by atoms with E-state index in [1.54, 1.807) is 12.4 Å². The molecule has 0 fully saturated rings. The molecule has 8 heteroatoms. The number of amides is 1. The first-order valence-corrected chi connectivity index (χ1v) is 11.3. The van der Waals surface area contributed by atoms with E-state index in [4.69, 9.17) is 9.73 Å². The highest BCUT2D eigenvalue weighted by molar-refractivity contribution is 8.16. The van der Waals surface area contributed by atoms with Gasteiger partial charge in [-0.1, -0.05) is 55.1 Å². The number of allylic oxidation sites excluding steroid dienone is 1. The quantitative estimate of drug-likeness (QED) is 0.647. The zero-order chi connectivity index (χ0) is 22.5. The van der Waals surface area contributed by atoms with E-state index in [9.17, 15) is 9.59 Å². The van der Waals surface area contributed by atoms with Crippen LogP contribution in [0.3, 0.4) is 0 Å². The molecule has 2 aliphatic rings. The molecule has 0 saturated carbocycles. The summed E-state index contributed by atoms with van der Waals surface area (Å²) < 4.78 is 5.12. The lowest BCUT2D eigenvalue weighted by molar-refractivity contribution is -0.136. The number of amidine groups is 1. The predicted molar refractivity (Wildman–Crippen MR) is 124 cm³/mol. The van der Waals surface area contributed by atoms with Gasteiger partial charge in [0.15, 0.2) is 5.17 Å². The smallest absolute Gasteiger partial charge is 0.338 e. The third-order valence-electron chi connectivity index (χ3n) is 5.30. The predicted octanol–water partition coefficient (Wildman–Crippen LogP) is 3.93. The van der Waals surface area contributed by atoms with Gasteiger partial charge in [-0.3, -0.25) is 9.78 Å². The molecule has 1 N–H and O–H groups in total. The van der Waals surface area contributed by atoms with Gasteiger partial charge in [0, 0.05) is 24.6 Å². The third kappa shape index (κ3) is 4.45. The van der Waals surface area contributed by atoms with Crippen LogP contribution in [0, 0.1) is 0 Å². The fourth-order valence-corrected chi connectivity index (χ4v) is 4.73. The summed E-state index contributed by atoms with van der Waals surface area (Å²) in [6.07, 6.45) is 4.20. The number of carbonyl (C=O) groups excluding carboxylic acids is 2. The van der Waals surface area contributed by atoms with Crippen molar-refractivity contribution in [3.05, 3.63) is 88.4 Å². The number of rotatable bonds is 7.